The zero-order valence-electron chi connectivity index (χ0n) is 23.7. The molecule has 1 N–H and O–H groups in total. The van der Waals surface area contributed by atoms with E-state index in [9.17, 15) is 22.4 Å². The number of nitrogens with zero attached hydrogens (tertiary/aromatic N) is 2. The predicted octanol–water partition coefficient (Wildman–Crippen LogP) is 5.36. The number of anilines is 1. The second-order valence-corrected chi connectivity index (χ2v) is 11.9. The topological polar surface area (TPSA) is 86.8 Å². The van der Waals surface area contributed by atoms with Gasteiger partial charge in [-0.3, -0.25) is 13.9 Å². The maximum Gasteiger partial charge on any atom is 0.264 e. The van der Waals surface area contributed by atoms with Gasteiger partial charge in [-0.15, -0.1) is 0 Å². The Hall–Kier alpha value is -3.72. The van der Waals surface area contributed by atoms with Gasteiger partial charge in [0.05, 0.1) is 10.6 Å². The minimum Gasteiger partial charge on any atom is -0.352 e. The van der Waals surface area contributed by atoms with Crippen molar-refractivity contribution < 1.29 is 22.4 Å². The lowest BCUT2D eigenvalue weighted by atomic mass is 10.1. The standard InChI is InChI=1S/C31H38FN3O4S/c1-6-24(5)33-31(37)29(7-2)34(20-25-12-8-22(3)9-13-25)30(36)21-35(27-16-10-23(4)11-17-27)40(38,39)28-18-14-26(32)15-19-28/h8-19,24,29H,6-7,20-21H2,1-5H3,(H,33,37)/t24-,29+/m0/s1. The van der Waals surface area contributed by atoms with Crippen LogP contribution in [-0.2, 0) is 26.2 Å². The van der Waals surface area contributed by atoms with Crippen LogP contribution in [0.4, 0.5) is 10.1 Å². The fraction of sp³-hybridized carbons (Fsp3) is 0.355. The molecule has 0 unspecified atom stereocenters. The number of carbonyl (C=O) groups is 2. The number of benzene rings is 3. The summed E-state index contributed by atoms with van der Waals surface area (Å²) in [6.07, 6.45) is 1.07. The third-order valence-corrected chi connectivity index (χ3v) is 8.65. The van der Waals surface area contributed by atoms with E-state index in [1.807, 2.05) is 58.9 Å². The zero-order chi connectivity index (χ0) is 29.4. The van der Waals surface area contributed by atoms with E-state index < -0.39 is 34.3 Å². The van der Waals surface area contributed by atoms with Crippen molar-refractivity contribution in [3.05, 3.63) is 95.3 Å². The molecule has 0 heterocycles. The van der Waals surface area contributed by atoms with Crippen LogP contribution in [0.3, 0.4) is 0 Å². The van der Waals surface area contributed by atoms with E-state index in [1.54, 1.807) is 24.3 Å². The first-order chi connectivity index (χ1) is 19.0. The van der Waals surface area contributed by atoms with Crippen LogP contribution < -0.4 is 9.62 Å². The number of hydrogen-bond acceptors (Lipinski definition) is 4. The number of nitrogens with one attached hydrogen (secondary N) is 1. The number of amides is 2. The summed E-state index contributed by atoms with van der Waals surface area (Å²) in [7, 11) is -4.25. The first-order valence-electron chi connectivity index (χ1n) is 13.5. The van der Waals surface area contributed by atoms with Gasteiger partial charge in [-0.25, -0.2) is 12.8 Å². The molecule has 0 aliphatic heterocycles. The van der Waals surface area contributed by atoms with Crippen molar-refractivity contribution in [2.24, 2.45) is 0 Å². The maximum atomic E-state index is 14.0. The molecule has 9 heteroatoms. The van der Waals surface area contributed by atoms with Crippen molar-refractivity contribution in [3.63, 3.8) is 0 Å². The fourth-order valence-corrected chi connectivity index (χ4v) is 5.64. The first kappa shape index (κ1) is 30.8. The zero-order valence-corrected chi connectivity index (χ0v) is 24.5. The largest absolute Gasteiger partial charge is 0.352 e. The minimum atomic E-state index is -4.25. The van der Waals surface area contributed by atoms with E-state index in [0.29, 0.717) is 6.42 Å². The number of sulfonamides is 1. The van der Waals surface area contributed by atoms with E-state index in [-0.39, 0.29) is 29.1 Å². The number of rotatable bonds is 12. The highest BCUT2D eigenvalue weighted by Gasteiger charge is 2.34. The summed E-state index contributed by atoms with van der Waals surface area (Å²) in [6.45, 7) is 9.10. The molecule has 0 spiro atoms. The number of hydrogen-bond donors (Lipinski definition) is 1. The highest BCUT2D eigenvalue weighted by molar-refractivity contribution is 7.92. The van der Waals surface area contributed by atoms with Crippen LogP contribution in [0, 0.1) is 19.7 Å². The number of halogens is 1. The second kappa shape index (κ2) is 13.6. The van der Waals surface area contributed by atoms with E-state index in [1.165, 1.54) is 17.0 Å². The van der Waals surface area contributed by atoms with E-state index in [4.69, 9.17) is 0 Å². The Balaban J connectivity index is 2.04. The Morgan fingerprint density at radius 2 is 1.40 bits per heavy atom. The van der Waals surface area contributed by atoms with Crippen LogP contribution in [0.5, 0.6) is 0 Å². The molecule has 3 rings (SSSR count). The summed E-state index contributed by atoms with van der Waals surface area (Å²) in [4.78, 5) is 28.6. The van der Waals surface area contributed by atoms with Gasteiger partial charge < -0.3 is 10.2 Å². The summed E-state index contributed by atoms with van der Waals surface area (Å²) in [5.41, 5.74) is 3.08. The molecule has 2 atom stereocenters. The summed E-state index contributed by atoms with van der Waals surface area (Å²) in [5, 5.41) is 2.96. The SMILES string of the molecule is CC[C@H](C(=O)N[C@@H](C)CC)N(Cc1ccc(C)cc1)C(=O)CN(c1ccc(C)cc1)S(=O)(=O)c1ccc(F)cc1. The molecule has 214 valence electrons. The van der Waals surface area contributed by atoms with Gasteiger partial charge in [-0.05, 0) is 75.6 Å². The van der Waals surface area contributed by atoms with E-state index >= 15 is 0 Å². The molecule has 0 aliphatic rings. The maximum absolute atomic E-state index is 14.0. The van der Waals surface area contributed by atoms with E-state index in [2.05, 4.69) is 5.32 Å². The fourth-order valence-electron chi connectivity index (χ4n) is 4.22. The molecule has 0 bridgehead atoms. The summed E-state index contributed by atoms with van der Waals surface area (Å²) in [5.74, 6) is -1.39. The summed E-state index contributed by atoms with van der Waals surface area (Å²) < 4.78 is 42.2. The van der Waals surface area contributed by atoms with Crippen molar-refractivity contribution in [2.75, 3.05) is 10.8 Å². The van der Waals surface area contributed by atoms with Crippen LogP contribution in [-0.4, -0.2) is 43.8 Å². The van der Waals surface area contributed by atoms with Gasteiger partial charge in [0.25, 0.3) is 10.0 Å². The third kappa shape index (κ3) is 7.69. The van der Waals surface area contributed by atoms with Gasteiger partial charge in [0.2, 0.25) is 11.8 Å². The van der Waals surface area contributed by atoms with Gasteiger partial charge in [0, 0.05) is 12.6 Å². The Kier molecular flexibility index (Phi) is 10.5. The van der Waals surface area contributed by atoms with Gasteiger partial charge in [-0.1, -0.05) is 61.4 Å². The van der Waals surface area contributed by atoms with Crippen molar-refractivity contribution in [3.8, 4) is 0 Å². The molecule has 40 heavy (non-hydrogen) atoms. The van der Waals surface area contributed by atoms with Gasteiger partial charge >= 0.3 is 0 Å². The molecule has 3 aromatic carbocycles. The van der Waals surface area contributed by atoms with Crippen LogP contribution in [0.15, 0.2) is 77.7 Å². The lowest BCUT2D eigenvalue weighted by Crippen LogP contribution is -2.53. The number of carbonyl (C=O) groups excluding carboxylic acids is 2. The molecule has 0 radical (unpaired) electrons. The highest BCUT2D eigenvalue weighted by atomic mass is 32.2. The Morgan fingerprint density at radius 3 is 1.93 bits per heavy atom. The van der Waals surface area contributed by atoms with Gasteiger partial charge in [0.1, 0.15) is 18.4 Å². The van der Waals surface area contributed by atoms with Crippen molar-refractivity contribution in [1.29, 1.82) is 0 Å². The molecule has 7 nitrogen and oxygen atoms in total. The lowest BCUT2D eigenvalue weighted by Gasteiger charge is -2.33. The minimum absolute atomic E-state index is 0.0826. The molecule has 0 saturated carbocycles. The Bertz CT molecular complexity index is 1390. The normalized spacial score (nSPS) is 12.8. The van der Waals surface area contributed by atoms with Crippen LogP contribution in [0.25, 0.3) is 0 Å². The first-order valence-corrected chi connectivity index (χ1v) is 14.9. The molecular formula is C31H38FN3O4S. The predicted molar refractivity (Wildman–Crippen MR) is 156 cm³/mol. The van der Waals surface area contributed by atoms with Crippen molar-refractivity contribution in [1.82, 2.24) is 10.2 Å². The average molecular weight is 568 g/mol. The van der Waals surface area contributed by atoms with Crippen molar-refractivity contribution >= 4 is 27.5 Å². The Morgan fingerprint density at radius 1 is 0.850 bits per heavy atom. The highest BCUT2D eigenvalue weighted by Crippen LogP contribution is 2.25. The molecule has 0 aliphatic carbocycles. The van der Waals surface area contributed by atoms with Crippen molar-refractivity contribution in [2.45, 2.75) is 71.0 Å². The quantitative estimate of drug-likeness (QED) is 0.319. The van der Waals surface area contributed by atoms with Crippen LogP contribution in [0.2, 0.25) is 0 Å². The number of aryl methyl sites for hydroxylation is 2. The molecule has 3 aromatic rings. The lowest BCUT2D eigenvalue weighted by molar-refractivity contribution is -0.140. The molecular weight excluding hydrogens is 529 g/mol. The monoisotopic (exact) mass is 567 g/mol. The van der Waals surface area contributed by atoms with Gasteiger partial charge in [0.15, 0.2) is 0 Å². The van der Waals surface area contributed by atoms with Crippen LogP contribution >= 0.6 is 0 Å². The molecule has 0 saturated heterocycles. The second-order valence-electron chi connectivity index (χ2n) is 10.1. The van der Waals surface area contributed by atoms with Crippen LogP contribution in [0.1, 0.15) is 50.3 Å². The summed E-state index contributed by atoms with van der Waals surface area (Å²) >= 11 is 0. The Labute approximate surface area is 237 Å². The van der Waals surface area contributed by atoms with E-state index in [0.717, 1.165) is 39.5 Å². The van der Waals surface area contributed by atoms with Gasteiger partial charge in [-0.2, -0.15) is 0 Å². The smallest absolute Gasteiger partial charge is 0.264 e. The molecule has 2 amide bonds. The average Bonchev–Trinajstić information content (AvgIpc) is 2.93. The molecule has 0 aromatic heterocycles. The molecule has 0 fully saturated rings. The summed E-state index contributed by atoms with van der Waals surface area (Å²) in [6, 6.07) is 18.0. The third-order valence-electron chi connectivity index (χ3n) is 6.86.